The van der Waals surface area contributed by atoms with Gasteiger partial charge in [-0.1, -0.05) is 60.7 Å². The lowest BCUT2D eigenvalue weighted by Crippen LogP contribution is -2.41. The second kappa shape index (κ2) is 3.63. The van der Waals surface area contributed by atoms with Gasteiger partial charge in [-0.15, -0.1) is 0 Å². The molecule has 0 bridgehead atoms. The molecule has 1 amide bonds. The van der Waals surface area contributed by atoms with Crippen LogP contribution in [0.1, 0.15) is 18.1 Å². The van der Waals surface area contributed by atoms with Crippen molar-refractivity contribution in [3.8, 4) is 0 Å². The Morgan fingerprint density at radius 1 is 0.950 bits per heavy atom. The van der Waals surface area contributed by atoms with E-state index in [0.29, 0.717) is 0 Å². The summed E-state index contributed by atoms with van der Waals surface area (Å²) in [4.78, 5) is 13.9. The zero-order chi connectivity index (χ0) is 13.8. The van der Waals surface area contributed by atoms with Gasteiger partial charge < -0.3 is 4.74 Å². The van der Waals surface area contributed by atoms with Gasteiger partial charge in [0.25, 0.3) is 0 Å². The van der Waals surface area contributed by atoms with Crippen molar-refractivity contribution >= 4 is 6.09 Å². The van der Waals surface area contributed by atoms with E-state index in [1.807, 2.05) is 60.7 Å². The Kier molecular flexibility index (Phi) is 2.09. The van der Waals surface area contributed by atoms with Crippen LogP contribution in [0, 0.1) is 0 Å². The zero-order valence-corrected chi connectivity index (χ0v) is 11.2. The molecule has 2 saturated heterocycles. The fourth-order valence-corrected chi connectivity index (χ4v) is 3.39. The maximum absolute atomic E-state index is 12.1. The number of hydrogen-bond donors (Lipinski definition) is 0. The first kappa shape index (κ1) is 11.5. The van der Waals surface area contributed by atoms with Crippen molar-refractivity contribution in [1.82, 2.24) is 4.90 Å². The Balaban J connectivity index is 1.98. The summed E-state index contributed by atoms with van der Waals surface area (Å²) in [5.41, 5.74) is 1.07. The van der Waals surface area contributed by atoms with Gasteiger partial charge in [-0.25, -0.2) is 4.79 Å². The van der Waals surface area contributed by atoms with Crippen LogP contribution in [0.2, 0.25) is 0 Å². The van der Waals surface area contributed by atoms with Crippen molar-refractivity contribution in [2.75, 3.05) is 6.54 Å². The van der Waals surface area contributed by atoms with Gasteiger partial charge in [-0.05, 0) is 6.92 Å². The summed E-state index contributed by atoms with van der Waals surface area (Å²) in [7, 11) is 0. The van der Waals surface area contributed by atoms with Gasteiger partial charge >= 0.3 is 6.09 Å². The number of hydrogen-bond acceptors (Lipinski definition) is 2. The molecule has 2 aliphatic heterocycles. The van der Waals surface area contributed by atoms with Crippen LogP contribution in [0.5, 0.6) is 0 Å². The highest BCUT2D eigenvalue weighted by Crippen LogP contribution is 2.58. The third-order valence-corrected chi connectivity index (χ3v) is 4.54. The van der Waals surface area contributed by atoms with E-state index in [4.69, 9.17) is 4.74 Å². The molecule has 4 rings (SSSR count). The molecule has 2 aromatic rings. The van der Waals surface area contributed by atoms with E-state index in [1.54, 1.807) is 4.90 Å². The quantitative estimate of drug-likeness (QED) is 0.781. The first-order valence-electron chi connectivity index (χ1n) is 6.80. The van der Waals surface area contributed by atoms with Gasteiger partial charge in [-0.2, -0.15) is 0 Å². The number of fused-ring (bicyclic) bond motifs is 1. The second-order valence-electron chi connectivity index (χ2n) is 5.64. The predicted molar refractivity (Wildman–Crippen MR) is 75.3 cm³/mol. The molecule has 1 unspecified atom stereocenters. The van der Waals surface area contributed by atoms with Crippen molar-refractivity contribution in [2.45, 2.75) is 18.1 Å². The normalized spacial score (nSPS) is 26.1. The van der Waals surface area contributed by atoms with E-state index >= 15 is 0 Å². The van der Waals surface area contributed by atoms with Gasteiger partial charge in [0.1, 0.15) is 5.54 Å². The van der Waals surface area contributed by atoms with E-state index in [0.717, 1.165) is 17.7 Å². The van der Waals surface area contributed by atoms with Gasteiger partial charge in [0.15, 0.2) is 5.60 Å². The van der Waals surface area contributed by atoms with Crippen molar-refractivity contribution in [2.24, 2.45) is 0 Å². The van der Waals surface area contributed by atoms with Crippen molar-refractivity contribution < 1.29 is 9.53 Å². The maximum Gasteiger partial charge on any atom is 0.411 e. The number of ether oxygens (including phenoxy) is 1. The Morgan fingerprint density at radius 2 is 1.45 bits per heavy atom. The summed E-state index contributed by atoms with van der Waals surface area (Å²) < 4.78 is 5.87. The maximum atomic E-state index is 12.1. The average molecular weight is 265 g/mol. The van der Waals surface area contributed by atoms with Gasteiger partial charge in [0.05, 0.1) is 6.54 Å². The molecule has 0 spiro atoms. The van der Waals surface area contributed by atoms with E-state index < -0.39 is 5.60 Å². The summed E-state index contributed by atoms with van der Waals surface area (Å²) in [6, 6.07) is 20.0. The molecule has 0 saturated carbocycles. The molecular formula is C17H15NO2. The third-order valence-electron chi connectivity index (χ3n) is 4.54. The van der Waals surface area contributed by atoms with Crippen LogP contribution in [0.15, 0.2) is 60.7 Å². The highest BCUT2D eigenvalue weighted by atomic mass is 16.6. The molecule has 3 heteroatoms. The van der Waals surface area contributed by atoms with Crippen LogP contribution in [0.4, 0.5) is 4.79 Å². The minimum Gasteiger partial charge on any atom is -0.430 e. The Labute approximate surface area is 117 Å². The molecule has 2 heterocycles. The molecule has 1 atom stereocenters. The Hall–Kier alpha value is -2.29. The number of nitrogens with zero attached hydrogens (tertiary/aromatic N) is 1. The van der Waals surface area contributed by atoms with Crippen LogP contribution in [0.3, 0.4) is 0 Å². The number of carbonyl (C=O) groups is 1. The predicted octanol–water partition coefficient (Wildman–Crippen LogP) is 3.15. The number of rotatable bonds is 2. The molecule has 0 radical (unpaired) electrons. The standard InChI is InChI=1S/C17H15NO2/c1-16-12-18(16)15(19)20-17(16,13-8-4-2-5-9-13)14-10-6-3-7-11-14/h2-11H,12H2,1H3. The lowest BCUT2D eigenvalue weighted by Gasteiger charge is -2.34. The summed E-state index contributed by atoms with van der Waals surface area (Å²) in [5, 5.41) is 0. The van der Waals surface area contributed by atoms with E-state index in [2.05, 4.69) is 6.92 Å². The number of benzene rings is 2. The fourth-order valence-electron chi connectivity index (χ4n) is 3.39. The monoisotopic (exact) mass is 265 g/mol. The topological polar surface area (TPSA) is 29.3 Å². The first-order valence-corrected chi connectivity index (χ1v) is 6.80. The molecule has 20 heavy (non-hydrogen) atoms. The van der Waals surface area contributed by atoms with E-state index in [9.17, 15) is 4.79 Å². The van der Waals surface area contributed by atoms with Gasteiger partial charge in [0.2, 0.25) is 0 Å². The minimum absolute atomic E-state index is 0.222. The molecule has 0 N–H and O–H groups in total. The summed E-state index contributed by atoms with van der Waals surface area (Å²) >= 11 is 0. The van der Waals surface area contributed by atoms with Crippen LogP contribution < -0.4 is 0 Å². The van der Waals surface area contributed by atoms with Gasteiger partial charge in [-0.3, -0.25) is 4.90 Å². The lowest BCUT2D eigenvalue weighted by atomic mass is 9.76. The Bertz CT molecular complexity index is 628. The fraction of sp³-hybridized carbons (Fsp3) is 0.235. The lowest BCUT2D eigenvalue weighted by molar-refractivity contribution is 0.0509. The molecule has 3 nitrogen and oxygen atoms in total. The highest BCUT2D eigenvalue weighted by molar-refractivity contribution is 5.79. The van der Waals surface area contributed by atoms with Crippen LogP contribution in [-0.2, 0) is 10.3 Å². The first-order chi connectivity index (χ1) is 9.68. The molecule has 2 aliphatic rings. The summed E-state index contributed by atoms with van der Waals surface area (Å²) in [6.45, 7) is 2.84. The number of amides is 1. The molecule has 0 aliphatic carbocycles. The van der Waals surface area contributed by atoms with E-state index in [-0.39, 0.29) is 11.6 Å². The average Bonchev–Trinajstić information content (AvgIpc) is 3.14. The second-order valence-corrected chi connectivity index (χ2v) is 5.64. The number of cyclic esters (lactones) is 1. The molecule has 2 aromatic carbocycles. The van der Waals surface area contributed by atoms with Crippen molar-refractivity contribution in [3.63, 3.8) is 0 Å². The Morgan fingerprint density at radius 3 is 1.80 bits per heavy atom. The third kappa shape index (κ3) is 1.22. The van der Waals surface area contributed by atoms with Crippen LogP contribution in [-0.4, -0.2) is 23.1 Å². The molecule has 2 fully saturated rings. The number of carbonyl (C=O) groups excluding carboxylic acids is 1. The summed E-state index contributed by atoms with van der Waals surface area (Å²) in [6.07, 6.45) is -0.222. The summed E-state index contributed by atoms with van der Waals surface area (Å²) in [5.74, 6) is 0. The smallest absolute Gasteiger partial charge is 0.411 e. The zero-order valence-electron chi connectivity index (χ0n) is 11.2. The molecule has 100 valence electrons. The van der Waals surface area contributed by atoms with Crippen molar-refractivity contribution in [3.05, 3.63) is 71.8 Å². The minimum atomic E-state index is -0.702. The van der Waals surface area contributed by atoms with Gasteiger partial charge in [0, 0.05) is 11.1 Å². The largest absolute Gasteiger partial charge is 0.430 e. The SMILES string of the molecule is CC12CN1C(=O)OC2(c1ccccc1)c1ccccc1. The molecule has 0 aromatic heterocycles. The molecular weight excluding hydrogens is 250 g/mol. The highest BCUT2D eigenvalue weighted by Gasteiger charge is 2.74. The van der Waals surface area contributed by atoms with Crippen LogP contribution in [0.25, 0.3) is 0 Å². The van der Waals surface area contributed by atoms with Crippen molar-refractivity contribution in [1.29, 1.82) is 0 Å². The van der Waals surface area contributed by atoms with E-state index in [1.165, 1.54) is 0 Å². The van der Waals surface area contributed by atoms with Crippen LogP contribution >= 0.6 is 0 Å².